The summed E-state index contributed by atoms with van der Waals surface area (Å²) in [6.07, 6.45) is 5.35. The lowest BCUT2D eigenvalue weighted by molar-refractivity contribution is -0.138. The van der Waals surface area contributed by atoms with Gasteiger partial charge in [-0.05, 0) is 57.2 Å². The van der Waals surface area contributed by atoms with E-state index >= 15 is 0 Å². The molecule has 1 aliphatic heterocycles. The Morgan fingerprint density at radius 1 is 1.23 bits per heavy atom. The maximum absolute atomic E-state index is 12.9. The van der Waals surface area contributed by atoms with Crippen molar-refractivity contribution in [3.8, 4) is 0 Å². The molecule has 1 aromatic rings. The second-order valence-corrected chi connectivity index (χ2v) is 6.74. The second kappa shape index (κ2) is 7.47. The summed E-state index contributed by atoms with van der Waals surface area (Å²) in [7, 11) is 2.01. The van der Waals surface area contributed by atoms with E-state index in [0.29, 0.717) is 5.91 Å². The average molecular weight is 323 g/mol. The van der Waals surface area contributed by atoms with Crippen molar-refractivity contribution in [2.75, 3.05) is 26.7 Å². The van der Waals surface area contributed by atoms with Crippen molar-refractivity contribution in [3.05, 3.63) is 35.9 Å². The van der Waals surface area contributed by atoms with E-state index in [1.807, 2.05) is 13.1 Å². The van der Waals surface area contributed by atoms with Gasteiger partial charge in [0.05, 0.1) is 5.41 Å². The van der Waals surface area contributed by atoms with Gasteiger partial charge in [0.15, 0.2) is 0 Å². The Morgan fingerprint density at radius 2 is 1.86 bits per heavy atom. The predicted molar refractivity (Wildman–Crippen MR) is 92.3 cm³/mol. The molecule has 1 saturated heterocycles. The van der Waals surface area contributed by atoms with E-state index in [-0.39, 0.29) is 17.8 Å². The number of nitrogens with one attached hydrogen (secondary N) is 1. The molecule has 22 heavy (non-hydrogen) atoms. The first kappa shape index (κ1) is 17.3. The number of carbonyl (C=O) groups excluding carboxylic acids is 1. The fraction of sp³-hybridized carbons (Fsp3) is 0.611. The number of rotatable bonds is 5. The molecule has 1 aliphatic carbocycles. The molecule has 2 aliphatic rings. The molecule has 1 aromatic carbocycles. The summed E-state index contributed by atoms with van der Waals surface area (Å²) in [5.41, 5.74) is 1.23. The maximum atomic E-state index is 12.9. The molecule has 2 fully saturated rings. The summed E-state index contributed by atoms with van der Waals surface area (Å²) in [5, 5.41) is 3.25. The summed E-state index contributed by atoms with van der Waals surface area (Å²) in [6.45, 7) is 2.97. The summed E-state index contributed by atoms with van der Waals surface area (Å²) in [6, 6.07) is 10.5. The molecule has 0 aromatic heterocycles. The number of nitrogens with zero attached hydrogens (tertiary/aromatic N) is 1. The molecule has 1 heterocycles. The van der Waals surface area contributed by atoms with Crippen LogP contribution in [0.5, 0.6) is 0 Å². The SMILES string of the molecule is CNCC1CCN(C(=O)C2(Cc3ccccc3)CC2)CC1.Cl. The van der Waals surface area contributed by atoms with Gasteiger partial charge in [0.2, 0.25) is 5.91 Å². The molecule has 0 unspecified atom stereocenters. The van der Waals surface area contributed by atoms with E-state index < -0.39 is 0 Å². The number of halogens is 1. The van der Waals surface area contributed by atoms with Crippen LogP contribution in [0.1, 0.15) is 31.2 Å². The first-order valence-corrected chi connectivity index (χ1v) is 8.21. The van der Waals surface area contributed by atoms with Crippen molar-refractivity contribution >= 4 is 18.3 Å². The Bertz CT molecular complexity index is 479. The van der Waals surface area contributed by atoms with Crippen molar-refractivity contribution in [1.82, 2.24) is 10.2 Å². The van der Waals surface area contributed by atoms with E-state index in [1.165, 1.54) is 5.56 Å². The van der Waals surface area contributed by atoms with Gasteiger partial charge in [0.1, 0.15) is 0 Å². The Kier molecular flexibility index (Phi) is 5.87. The number of carbonyl (C=O) groups is 1. The monoisotopic (exact) mass is 322 g/mol. The third-order valence-electron chi connectivity index (χ3n) is 5.09. The van der Waals surface area contributed by atoms with Gasteiger partial charge in [-0.1, -0.05) is 30.3 Å². The number of amides is 1. The molecule has 1 N–H and O–H groups in total. The fourth-order valence-corrected chi connectivity index (χ4v) is 3.57. The fourth-order valence-electron chi connectivity index (χ4n) is 3.57. The van der Waals surface area contributed by atoms with Gasteiger partial charge >= 0.3 is 0 Å². The molecule has 0 radical (unpaired) electrons. The zero-order chi connectivity index (χ0) is 14.7. The minimum atomic E-state index is -0.0722. The van der Waals surface area contributed by atoms with E-state index in [0.717, 1.165) is 57.7 Å². The Balaban J connectivity index is 0.00000176. The van der Waals surface area contributed by atoms with Crippen LogP contribution in [-0.4, -0.2) is 37.5 Å². The Morgan fingerprint density at radius 3 is 2.41 bits per heavy atom. The molecule has 1 saturated carbocycles. The van der Waals surface area contributed by atoms with Gasteiger partial charge in [0, 0.05) is 13.1 Å². The first-order chi connectivity index (χ1) is 10.2. The third kappa shape index (κ3) is 3.82. The summed E-state index contributed by atoms with van der Waals surface area (Å²) >= 11 is 0. The topological polar surface area (TPSA) is 32.3 Å². The minimum absolute atomic E-state index is 0. The standard InChI is InChI=1S/C18H26N2O.ClH/c1-19-14-16-7-11-20(12-8-16)17(21)18(9-10-18)13-15-5-3-2-4-6-15;/h2-6,16,19H,7-14H2,1H3;1H. The largest absolute Gasteiger partial charge is 0.342 e. The third-order valence-corrected chi connectivity index (χ3v) is 5.09. The van der Waals surface area contributed by atoms with Crippen molar-refractivity contribution in [2.45, 2.75) is 32.1 Å². The summed E-state index contributed by atoms with van der Waals surface area (Å²) in [5.74, 6) is 1.15. The number of piperidine rings is 1. The zero-order valence-corrected chi connectivity index (χ0v) is 14.2. The highest BCUT2D eigenvalue weighted by Gasteiger charge is 2.51. The normalized spacial score (nSPS) is 20.3. The van der Waals surface area contributed by atoms with Gasteiger partial charge < -0.3 is 10.2 Å². The van der Waals surface area contributed by atoms with Crippen molar-refractivity contribution in [1.29, 1.82) is 0 Å². The highest BCUT2D eigenvalue weighted by atomic mass is 35.5. The number of hydrogen-bond acceptors (Lipinski definition) is 2. The number of benzene rings is 1. The van der Waals surface area contributed by atoms with Crippen molar-refractivity contribution < 1.29 is 4.79 Å². The quantitative estimate of drug-likeness (QED) is 0.904. The Labute approximate surface area is 139 Å². The van der Waals surface area contributed by atoms with Gasteiger partial charge in [-0.15, -0.1) is 12.4 Å². The van der Waals surface area contributed by atoms with Crippen LogP contribution >= 0.6 is 12.4 Å². The molecule has 4 heteroatoms. The van der Waals surface area contributed by atoms with Crippen LogP contribution in [0.15, 0.2) is 30.3 Å². The number of likely N-dealkylation sites (tertiary alicyclic amines) is 1. The smallest absolute Gasteiger partial charge is 0.229 e. The first-order valence-electron chi connectivity index (χ1n) is 8.21. The van der Waals surface area contributed by atoms with E-state index in [1.54, 1.807) is 0 Å². The van der Waals surface area contributed by atoms with Gasteiger partial charge in [-0.25, -0.2) is 0 Å². The average Bonchev–Trinajstić information content (AvgIpc) is 3.29. The van der Waals surface area contributed by atoms with Crippen LogP contribution < -0.4 is 5.32 Å². The van der Waals surface area contributed by atoms with Gasteiger partial charge in [0.25, 0.3) is 0 Å². The lowest BCUT2D eigenvalue weighted by Crippen LogP contribution is -2.44. The lowest BCUT2D eigenvalue weighted by Gasteiger charge is -2.34. The molecule has 0 atom stereocenters. The highest BCUT2D eigenvalue weighted by Crippen LogP contribution is 2.50. The van der Waals surface area contributed by atoms with E-state index in [2.05, 4.69) is 34.5 Å². The molecule has 1 amide bonds. The predicted octanol–water partition coefficient (Wildman–Crippen LogP) is 2.89. The molecular formula is C18H27ClN2O. The van der Waals surface area contributed by atoms with Gasteiger partial charge in [-0.2, -0.15) is 0 Å². The maximum Gasteiger partial charge on any atom is 0.229 e. The molecule has 122 valence electrons. The van der Waals surface area contributed by atoms with Crippen LogP contribution in [0.25, 0.3) is 0 Å². The molecular weight excluding hydrogens is 296 g/mol. The van der Waals surface area contributed by atoms with Crippen molar-refractivity contribution in [3.63, 3.8) is 0 Å². The summed E-state index contributed by atoms with van der Waals surface area (Å²) < 4.78 is 0. The van der Waals surface area contributed by atoms with Crippen LogP contribution in [0.2, 0.25) is 0 Å². The second-order valence-electron chi connectivity index (χ2n) is 6.74. The molecule has 0 bridgehead atoms. The van der Waals surface area contributed by atoms with Crippen LogP contribution in [0, 0.1) is 11.3 Å². The molecule has 3 nitrogen and oxygen atoms in total. The van der Waals surface area contributed by atoms with E-state index in [9.17, 15) is 4.79 Å². The zero-order valence-electron chi connectivity index (χ0n) is 13.4. The summed E-state index contributed by atoms with van der Waals surface area (Å²) in [4.78, 5) is 15.0. The van der Waals surface area contributed by atoms with Crippen LogP contribution in [0.4, 0.5) is 0 Å². The molecule has 0 spiro atoms. The Hall–Kier alpha value is -1.06. The van der Waals surface area contributed by atoms with Crippen LogP contribution in [0.3, 0.4) is 0 Å². The minimum Gasteiger partial charge on any atom is -0.342 e. The van der Waals surface area contributed by atoms with Crippen molar-refractivity contribution in [2.24, 2.45) is 11.3 Å². The number of hydrogen-bond donors (Lipinski definition) is 1. The molecule has 3 rings (SSSR count). The highest BCUT2D eigenvalue weighted by molar-refractivity contribution is 5.86. The van der Waals surface area contributed by atoms with Gasteiger partial charge in [-0.3, -0.25) is 4.79 Å². The van der Waals surface area contributed by atoms with Crippen LogP contribution in [-0.2, 0) is 11.2 Å². The lowest BCUT2D eigenvalue weighted by atomic mass is 9.92. The van der Waals surface area contributed by atoms with E-state index in [4.69, 9.17) is 0 Å².